The molecular formula is C20H28N4O. The third-order valence-electron chi connectivity index (χ3n) is 4.88. The van der Waals surface area contributed by atoms with E-state index >= 15 is 0 Å². The number of hydrogen-bond donors (Lipinski definition) is 1. The summed E-state index contributed by atoms with van der Waals surface area (Å²) in [5.41, 5.74) is 4.72. The first-order valence-corrected chi connectivity index (χ1v) is 9.14. The van der Waals surface area contributed by atoms with Crippen LogP contribution in [0, 0.1) is 20.8 Å². The van der Waals surface area contributed by atoms with Crippen LogP contribution in [0.25, 0.3) is 0 Å². The maximum atomic E-state index is 12.5. The number of aryl methyl sites for hydroxylation is 3. The monoisotopic (exact) mass is 340 g/mol. The normalized spacial score (nSPS) is 17.6. The first-order valence-electron chi connectivity index (χ1n) is 9.14. The predicted molar refractivity (Wildman–Crippen MR) is 99.8 cm³/mol. The Bertz CT molecular complexity index is 720. The lowest BCUT2D eigenvalue weighted by molar-refractivity contribution is 0.162. The van der Waals surface area contributed by atoms with Crippen LogP contribution in [-0.2, 0) is 6.42 Å². The fourth-order valence-corrected chi connectivity index (χ4v) is 3.53. The lowest BCUT2D eigenvalue weighted by atomic mass is 10.1. The fourth-order valence-electron chi connectivity index (χ4n) is 3.53. The van der Waals surface area contributed by atoms with Crippen molar-refractivity contribution in [2.75, 3.05) is 19.6 Å². The maximum Gasteiger partial charge on any atom is 0.317 e. The zero-order chi connectivity index (χ0) is 17.8. The zero-order valence-corrected chi connectivity index (χ0v) is 15.5. The minimum absolute atomic E-state index is 0.0401. The van der Waals surface area contributed by atoms with Crippen molar-refractivity contribution in [3.05, 3.63) is 52.8 Å². The predicted octanol–water partition coefficient (Wildman–Crippen LogP) is 3.40. The summed E-state index contributed by atoms with van der Waals surface area (Å²) in [5, 5.41) is 7.66. The highest BCUT2D eigenvalue weighted by atomic mass is 16.2. The van der Waals surface area contributed by atoms with Gasteiger partial charge in [0.1, 0.15) is 0 Å². The molecule has 0 saturated carbocycles. The van der Waals surface area contributed by atoms with Gasteiger partial charge in [0.15, 0.2) is 0 Å². The molecule has 1 fully saturated rings. The summed E-state index contributed by atoms with van der Waals surface area (Å²) in [4.78, 5) is 14.4. The van der Waals surface area contributed by atoms with Crippen LogP contribution in [-0.4, -0.2) is 40.3 Å². The molecule has 5 heteroatoms. The third kappa shape index (κ3) is 4.41. The molecule has 1 aliphatic heterocycles. The molecule has 1 saturated heterocycles. The van der Waals surface area contributed by atoms with Crippen molar-refractivity contribution in [2.24, 2.45) is 0 Å². The Morgan fingerprint density at radius 3 is 2.68 bits per heavy atom. The van der Waals surface area contributed by atoms with Gasteiger partial charge in [-0.05, 0) is 51.7 Å². The fraction of sp³-hybridized carbons (Fsp3) is 0.500. The molecule has 2 heterocycles. The van der Waals surface area contributed by atoms with Gasteiger partial charge < -0.3 is 10.2 Å². The summed E-state index contributed by atoms with van der Waals surface area (Å²) < 4.78 is 2.08. The van der Waals surface area contributed by atoms with Crippen molar-refractivity contribution < 1.29 is 4.79 Å². The first-order chi connectivity index (χ1) is 12.0. The number of piperidine rings is 1. The Kier molecular flexibility index (Phi) is 5.41. The average Bonchev–Trinajstić information content (AvgIpc) is 2.95. The molecule has 0 aliphatic carbocycles. The molecule has 0 spiro atoms. The number of likely N-dealkylation sites (tertiary alicyclic amines) is 1. The van der Waals surface area contributed by atoms with Crippen molar-refractivity contribution in [1.82, 2.24) is 20.0 Å². The van der Waals surface area contributed by atoms with Crippen LogP contribution in [0.2, 0.25) is 0 Å². The SMILES string of the molecule is Cc1ccc(CCNC(=O)N2CCCC(n3nc(C)cc3C)C2)cc1. The highest BCUT2D eigenvalue weighted by Gasteiger charge is 2.25. The second-order valence-corrected chi connectivity index (χ2v) is 7.08. The van der Waals surface area contributed by atoms with E-state index < -0.39 is 0 Å². The van der Waals surface area contributed by atoms with Crippen LogP contribution in [0.4, 0.5) is 4.79 Å². The molecule has 1 N–H and O–H groups in total. The Balaban J connectivity index is 1.51. The highest BCUT2D eigenvalue weighted by Crippen LogP contribution is 2.22. The van der Waals surface area contributed by atoms with Gasteiger partial charge in [-0.3, -0.25) is 4.68 Å². The molecular weight excluding hydrogens is 312 g/mol. The van der Waals surface area contributed by atoms with Gasteiger partial charge in [-0.25, -0.2) is 4.79 Å². The van der Waals surface area contributed by atoms with Crippen LogP contribution in [0.5, 0.6) is 0 Å². The summed E-state index contributed by atoms with van der Waals surface area (Å²) >= 11 is 0. The molecule has 1 unspecified atom stereocenters. The summed E-state index contributed by atoms with van der Waals surface area (Å²) in [6.07, 6.45) is 2.96. The Labute approximate surface area is 150 Å². The van der Waals surface area contributed by atoms with E-state index in [1.165, 1.54) is 16.8 Å². The molecule has 2 aromatic rings. The first kappa shape index (κ1) is 17.5. The van der Waals surface area contributed by atoms with Gasteiger partial charge in [0.25, 0.3) is 0 Å². The number of carbonyl (C=O) groups excluding carboxylic acids is 1. The van der Waals surface area contributed by atoms with E-state index in [0.717, 1.165) is 38.0 Å². The summed E-state index contributed by atoms with van der Waals surface area (Å²) in [7, 11) is 0. The van der Waals surface area contributed by atoms with Crippen LogP contribution in [0.1, 0.15) is 41.4 Å². The van der Waals surface area contributed by atoms with E-state index in [-0.39, 0.29) is 12.1 Å². The largest absolute Gasteiger partial charge is 0.338 e. The summed E-state index contributed by atoms with van der Waals surface area (Å²) in [6.45, 7) is 8.41. The van der Waals surface area contributed by atoms with Gasteiger partial charge >= 0.3 is 6.03 Å². The minimum Gasteiger partial charge on any atom is -0.338 e. The minimum atomic E-state index is 0.0401. The number of benzene rings is 1. The quantitative estimate of drug-likeness (QED) is 0.927. The van der Waals surface area contributed by atoms with Gasteiger partial charge in [-0.1, -0.05) is 29.8 Å². The number of aromatic nitrogens is 2. The van der Waals surface area contributed by atoms with Crippen molar-refractivity contribution >= 4 is 6.03 Å². The van der Waals surface area contributed by atoms with Crippen molar-refractivity contribution in [3.63, 3.8) is 0 Å². The molecule has 0 radical (unpaired) electrons. The second-order valence-electron chi connectivity index (χ2n) is 7.08. The molecule has 134 valence electrons. The average molecular weight is 340 g/mol. The summed E-state index contributed by atoms with van der Waals surface area (Å²) in [5.74, 6) is 0. The van der Waals surface area contributed by atoms with Crippen LogP contribution in [0.3, 0.4) is 0 Å². The number of nitrogens with zero attached hydrogens (tertiary/aromatic N) is 3. The van der Waals surface area contributed by atoms with E-state index in [0.29, 0.717) is 6.54 Å². The zero-order valence-electron chi connectivity index (χ0n) is 15.5. The van der Waals surface area contributed by atoms with Crippen LogP contribution < -0.4 is 5.32 Å². The third-order valence-corrected chi connectivity index (χ3v) is 4.88. The number of carbonyl (C=O) groups is 1. The maximum absolute atomic E-state index is 12.5. The highest BCUT2D eigenvalue weighted by molar-refractivity contribution is 5.74. The number of amides is 2. The number of hydrogen-bond acceptors (Lipinski definition) is 2. The molecule has 1 atom stereocenters. The van der Waals surface area contributed by atoms with E-state index in [1.54, 1.807) is 0 Å². The van der Waals surface area contributed by atoms with Gasteiger partial charge in [0.05, 0.1) is 11.7 Å². The number of urea groups is 1. The van der Waals surface area contributed by atoms with Crippen LogP contribution >= 0.6 is 0 Å². The summed E-state index contributed by atoms with van der Waals surface area (Å²) in [6, 6.07) is 10.9. The Morgan fingerprint density at radius 2 is 2.00 bits per heavy atom. The van der Waals surface area contributed by atoms with Crippen LogP contribution in [0.15, 0.2) is 30.3 Å². The molecule has 2 amide bonds. The van der Waals surface area contributed by atoms with E-state index in [9.17, 15) is 4.79 Å². The smallest absolute Gasteiger partial charge is 0.317 e. The molecule has 3 rings (SSSR count). The van der Waals surface area contributed by atoms with Gasteiger partial charge in [-0.15, -0.1) is 0 Å². The van der Waals surface area contributed by atoms with Crippen molar-refractivity contribution in [1.29, 1.82) is 0 Å². The topological polar surface area (TPSA) is 50.2 Å². The Hall–Kier alpha value is -2.30. The van der Waals surface area contributed by atoms with Gasteiger partial charge in [-0.2, -0.15) is 5.10 Å². The lowest BCUT2D eigenvalue weighted by Gasteiger charge is -2.33. The molecule has 25 heavy (non-hydrogen) atoms. The molecule has 5 nitrogen and oxygen atoms in total. The van der Waals surface area contributed by atoms with Crippen molar-refractivity contribution in [3.8, 4) is 0 Å². The van der Waals surface area contributed by atoms with Gasteiger partial charge in [0, 0.05) is 25.3 Å². The second kappa shape index (κ2) is 7.72. The standard InChI is InChI=1S/C20H28N4O/c1-15-6-8-18(9-7-15)10-11-21-20(25)23-12-4-5-19(14-23)24-17(3)13-16(2)22-24/h6-9,13,19H,4-5,10-12,14H2,1-3H3,(H,21,25). The molecule has 1 aromatic carbocycles. The Morgan fingerprint density at radius 1 is 1.24 bits per heavy atom. The lowest BCUT2D eigenvalue weighted by Crippen LogP contribution is -2.46. The van der Waals surface area contributed by atoms with Gasteiger partial charge in [0.2, 0.25) is 0 Å². The van der Waals surface area contributed by atoms with E-state index in [4.69, 9.17) is 0 Å². The molecule has 1 aromatic heterocycles. The molecule has 1 aliphatic rings. The van der Waals surface area contributed by atoms with E-state index in [1.807, 2.05) is 11.8 Å². The molecule has 0 bridgehead atoms. The van der Waals surface area contributed by atoms with Crippen molar-refractivity contribution in [2.45, 2.75) is 46.1 Å². The number of nitrogens with one attached hydrogen (secondary N) is 1. The van der Waals surface area contributed by atoms with E-state index in [2.05, 4.69) is 59.3 Å². The number of rotatable bonds is 4.